The Labute approximate surface area is 120 Å². The van der Waals surface area contributed by atoms with E-state index in [4.69, 9.17) is 0 Å². The summed E-state index contributed by atoms with van der Waals surface area (Å²) in [5.41, 5.74) is -0.662. The van der Waals surface area contributed by atoms with Gasteiger partial charge in [0.15, 0.2) is 0 Å². The van der Waals surface area contributed by atoms with E-state index in [2.05, 4.69) is 24.1 Å². The van der Waals surface area contributed by atoms with Gasteiger partial charge >= 0.3 is 6.18 Å². The van der Waals surface area contributed by atoms with Gasteiger partial charge in [-0.3, -0.25) is 0 Å². The van der Waals surface area contributed by atoms with Crippen LogP contribution in [-0.2, 0) is 6.18 Å². The van der Waals surface area contributed by atoms with Crippen LogP contribution >= 0.6 is 11.8 Å². The van der Waals surface area contributed by atoms with Crippen LogP contribution in [0.3, 0.4) is 0 Å². The van der Waals surface area contributed by atoms with Crippen LogP contribution in [0.1, 0.15) is 19.4 Å². The van der Waals surface area contributed by atoms with Crippen molar-refractivity contribution in [1.82, 2.24) is 4.98 Å². The fourth-order valence-electron chi connectivity index (χ4n) is 2.33. The number of alkyl halides is 3. The van der Waals surface area contributed by atoms with E-state index in [1.54, 1.807) is 7.05 Å². The average Bonchev–Trinajstić information content (AvgIpc) is 2.36. The zero-order valence-electron chi connectivity index (χ0n) is 11.7. The van der Waals surface area contributed by atoms with E-state index in [0.717, 1.165) is 12.1 Å². The van der Waals surface area contributed by atoms with Crippen molar-refractivity contribution in [3.05, 3.63) is 17.7 Å². The van der Waals surface area contributed by atoms with E-state index in [9.17, 15) is 13.2 Å². The Morgan fingerprint density at radius 2 is 1.85 bits per heavy atom. The number of rotatable bonds is 2. The Morgan fingerprint density at radius 1 is 1.25 bits per heavy atom. The molecule has 1 aromatic rings. The molecular formula is C13H18F3N3S. The van der Waals surface area contributed by atoms with Crippen molar-refractivity contribution in [3.8, 4) is 0 Å². The fourth-order valence-corrected chi connectivity index (χ4v) is 3.66. The molecule has 2 heterocycles. The third-order valence-corrected chi connectivity index (χ3v) is 4.37. The van der Waals surface area contributed by atoms with Crippen LogP contribution in [0.15, 0.2) is 12.1 Å². The second-order valence-corrected chi connectivity index (χ2v) is 6.89. The normalized spacial score (nSPS) is 23.8. The minimum absolute atomic E-state index is 0.244. The fraction of sp³-hybridized carbons (Fsp3) is 0.615. The van der Waals surface area contributed by atoms with Gasteiger partial charge in [-0.25, -0.2) is 4.98 Å². The van der Waals surface area contributed by atoms with Gasteiger partial charge in [-0.1, -0.05) is 13.8 Å². The van der Waals surface area contributed by atoms with E-state index in [-0.39, 0.29) is 5.82 Å². The summed E-state index contributed by atoms with van der Waals surface area (Å²) < 4.78 is 38.8. The number of halogens is 3. The van der Waals surface area contributed by atoms with Crippen LogP contribution in [0.25, 0.3) is 0 Å². The first-order valence-electron chi connectivity index (χ1n) is 6.47. The van der Waals surface area contributed by atoms with Gasteiger partial charge in [0.05, 0.1) is 5.56 Å². The summed E-state index contributed by atoms with van der Waals surface area (Å²) >= 11 is 1.85. The number of hydrogen-bond donors (Lipinski definition) is 1. The van der Waals surface area contributed by atoms with Crippen LogP contribution in [0.5, 0.6) is 0 Å². The first kappa shape index (κ1) is 15.3. The van der Waals surface area contributed by atoms with E-state index in [1.165, 1.54) is 0 Å². The van der Waals surface area contributed by atoms with E-state index in [1.807, 2.05) is 16.7 Å². The number of aromatic nitrogens is 1. The summed E-state index contributed by atoms with van der Waals surface area (Å²) in [6, 6.07) is 2.17. The van der Waals surface area contributed by atoms with Gasteiger partial charge in [-0.05, 0) is 12.1 Å². The van der Waals surface area contributed by atoms with Crippen molar-refractivity contribution < 1.29 is 13.2 Å². The number of nitrogens with one attached hydrogen (secondary N) is 1. The molecule has 3 nitrogen and oxygen atoms in total. The van der Waals surface area contributed by atoms with Crippen molar-refractivity contribution in [3.63, 3.8) is 0 Å². The lowest BCUT2D eigenvalue weighted by Crippen LogP contribution is -2.41. The first-order valence-corrected chi connectivity index (χ1v) is 7.41. The maximum Gasteiger partial charge on any atom is 0.416 e. The molecule has 1 saturated heterocycles. The molecule has 1 N–H and O–H groups in total. The zero-order valence-corrected chi connectivity index (χ0v) is 12.5. The third-order valence-electron chi connectivity index (χ3n) is 3.14. The summed E-state index contributed by atoms with van der Waals surface area (Å²) in [6.45, 7) is 5.60. The quantitative estimate of drug-likeness (QED) is 0.905. The molecule has 0 aliphatic carbocycles. The molecule has 7 heteroatoms. The predicted molar refractivity (Wildman–Crippen MR) is 77.5 cm³/mol. The maximum absolute atomic E-state index is 12.9. The highest BCUT2D eigenvalue weighted by atomic mass is 32.2. The summed E-state index contributed by atoms with van der Waals surface area (Å²) in [7, 11) is 1.57. The van der Waals surface area contributed by atoms with Crippen molar-refractivity contribution >= 4 is 23.4 Å². The molecule has 20 heavy (non-hydrogen) atoms. The second-order valence-electron chi connectivity index (χ2n) is 5.01. The third kappa shape index (κ3) is 3.50. The Hall–Kier alpha value is -1.11. The molecule has 0 aromatic carbocycles. The minimum atomic E-state index is -4.36. The molecule has 2 atom stereocenters. The summed E-state index contributed by atoms with van der Waals surface area (Å²) in [6.07, 6.45) is -4.36. The molecule has 1 aliphatic heterocycles. The molecule has 112 valence electrons. The lowest BCUT2D eigenvalue weighted by Gasteiger charge is -2.35. The lowest BCUT2D eigenvalue weighted by atomic mass is 10.2. The van der Waals surface area contributed by atoms with E-state index in [0.29, 0.717) is 29.4 Å². The van der Waals surface area contributed by atoms with Gasteiger partial charge in [-0.15, -0.1) is 0 Å². The Balaban J connectivity index is 2.35. The Bertz CT molecular complexity index is 468. The smallest absolute Gasteiger partial charge is 0.373 e. The van der Waals surface area contributed by atoms with Crippen LogP contribution < -0.4 is 10.2 Å². The highest BCUT2D eigenvalue weighted by molar-refractivity contribution is 8.00. The van der Waals surface area contributed by atoms with Crippen molar-refractivity contribution in [2.24, 2.45) is 0 Å². The monoisotopic (exact) mass is 305 g/mol. The molecule has 1 aliphatic rings. The molecule has 2 unspecified atom stereocenters. The number of thioether (sulfide) groups is 1. The van der Waals surface area contributed by atoms with Gasteiger partial charge < -0.3 is 10.2 Å². The topological polar surface area (TPSA) is 28.2 Å². The van der Waals surface area contributed by atoms with Gasteiger partial charge in [0.2, 0.25) is 0 Å². The van der Waals surface area contributed by atoms with Crippen LogP contribution in [0, 0.1) is 0 Å². The number of pyridine rings is 1. The highest BCUT2D eigenvalue weighted by Gasteiger charge is 2.33. The molecule has 0 amide bonds. The number of anilines is 2. The first-order chi connectivity index (χ1) is 9.29. The van der Waals surface area contributed by atoms with E-state index >= 15 is 0 Å². The Morgan fingerprint density at radius 3 is 2.35 bits per heavy atom. The largest absolute Gasteiger partial charge is 0.416 e. The van der Waals surface area contributed by atoms with Gasteiger partial charge in [-0.2, -0.15) is 24.9 Å². The van der Waals surface area contributed by atoms with Crippen LogP contribution in [0.2, 0.25) is 0 Å². The molecule has 0 radical (unpaired) electrons. The van der Waals surface area contributed by atoms with Crippen molar-refractivity contribution in [2.75, 3.05) is 30.4 Å². The van der Waals surface area contributed by atoms with Gasteiger partial charge in [0, 0.05) is 30.6 Å². The Kier molecular flexibility index (Phi) is 4.36. The number of hydrogen-bond acceptors (Lipinski definition) is 4. The lowest BCUT2D eigenvalue weighted by molar-refractivity contribution is -0.137. The maximum atomic E-state index is 12.9. The predicted octanol–water partition coefficient (Wildman–Crippen LogP) is 3.47. The van der Waals surface area contributed by atoms with Crippen molar-refractivity contribution in [1.29, 1.82) is 0 Å². The molecule has 0 bridgehead atoms. The van der Waals surface area contributed by atoms with Gasteiger partial charge in [0.1, 0.15) is 11.6 Å². The SMILES string of the molecule is CNc1cc(C(F)(F)F)cc(N2CC(C)SC(C)C2)n1. The molecule has 0 saturated carbocycles. The van der Waals surface area contributed by atoms with E-state index < -0.39 is 11.7 Å². The van der Waals surface area contributed by atoms with Crippen LogP contribution in [0.4, 0.5) is 24.8 Å². The molecule has 1 fully saturated rings. The molecule has 2 rings (SSSR count). The summed E-state index contributed by atoms with van der Waals surface area (Å²) in [5.74, 6) is 0.636. The summed E-state index contributed by atoms with van der Waals surface area (Å²) in [5, 5.41) is 3.46. The molecule has 1 aromatic heterocycles. The molecular weight excluding hydrogens is 287 g/mol. The molecule has 0 spiro atoms. The van der Waals surface area contributed by atoms with Crippen molar-refractivity contribution in [2.45, 2.75) is 30.5 Å². The standard InChI is InChI=1S/C13H18F3N3S/c1-8-6-19(7-9(2)20-8)12-5-10(13(14,15)16)4-11(17-3)18-12/h4-5,8-9H,6-7H2,1-3H3,(H,17,18). The second kappa shape index (κ2) is 5.71. The average molecular weight is 305 g/mol. The minimum Gasteiger partial charge on any atom is -0.373 e. The summed E-state index contributed by atoms with van der Waals surface area (Å²) in [4.78, 5) is 6.20. The number of nitrogens with zero attached hydrogens (tertiary/aromatic N) is 2. The van der Waals surface area contributed by atoms with Crippen LogP contribution in [-0.4, -0.2) is 35.6 Å². The zero-order chi connectivity index (χ0) is 14.9. The van der Waals surface area contributed by atoms with Gasteiger partial charge in [0.25, 0.3) is 0 Å². The highest BCUT2D eigenvalue weighted by Crippen LogP contribution is 2.34.